The van der Waals surface area contributed by atoms with Crippen molar-refractivity contribution >= 4 is 17.3 Å². The minimum absolute atomic E-state index is 0.00332. The zero-order valence-electron chi connectivity index (χ0n) is 12.8. The average molecular weight is 321 g/mol. The smallest absolute Gasteiger partial charge is 0.328 e. The molecule has 0 N–H and O–H groups in total. The fourth-order valence-corrected chi connectivity index (χ4v) is 2.08. The van der Waals surface area contributed by atoms with E-state index < -0.39 is 28.3 Å². The molecule has 122 valence electrons. The number of rotatable bonds is 7. The van der Waals surface area contributed by atoms with Gasteiger partial charge in [0.2, 0.25) is 0 Å². The van der Waals surface area contributed by atoms with Gasteiger partial charge >= 0.3 is 5.97 Å². The summed E-state index contributed by atoms with van der Waals surface area (Å²) in [6.45, 7) is 5.28. The number of benzene rings is 1. The molecule has 0 heterocycles. The van der Waals surface area contributed by atoms with Crippen LogP contribution < -0.4 is 4.90 Å². The van der Waals surface area contributed by atoms with Crippen molar-refractivity contribution < 1.29 is 18.8 Å². The van der Waals surface area contributed by atoms with Crippen LogP contribution in [0.15, 0.2) is 24.8 Å². The molecular formula is C15H16FN3O4. The van der Waals surface area contributed by atoms with Crippen LogP contribution in [0.1, 0.15) is 18.4 Å². The number of ether oxygens (including phenoxy) is 1. The third-order valence-electron chi connectivity index (χ3n) is 3.04. The third kappa shape index (κ3) is 4.03. The lowest BCUT2D eigenvalue weighted by molar-refractivity contribution is -0.384. The Hall–Kier alpha value is -2.95. The van der Waals surface area contributed by atoms with E-state index in [9.17, 15) is 24.6 Å². The Kier molecular flexibility index (Phi) is 6.21. The first-order valence-electron chi connectivity index (χ1n) is 6.73. The summed E-state index contributed by atoms with van der Waals surface area (Å²) in [5.74, 6) is -3.33. The number of nitro benzene ring substituents is 1. The molecule has 1 atom stereocenters. The van der Waals surface area contributed by atoms with Crippen LogP contribution in [0, 0.1) is 27.3 Å². The highest BCUT2D eigenvalue weighted by Gasteiger charge is 2.33. The summed E-state index contributed by atoms with van der Waals surface area (Å²) in [6, 6.07) is 3.43. The molecule has 0 spiro atoms. The Labute approximate surface area is 132 Å². The molecule has 0 saturated carbocycles. The van der Waals surface area contributed by atoms with Gasteiger partial charge < -0.3 is 9.64 Å². The van der Waals surface area contributed by atoms with Gasteiger partial charge in [0.15, 0.2) is 5.92 Å². The van der Waals surface area contributed by atoms with Gasteiger partial charge in [0, 0.05) is 19.7 Å². The molecule has 0 radical (unpaired) electrons. The molecule has 1 aromatic carbocycles. The van der Waals surface area contributed by atoms with Crippen molar-refractivity contribution in [2.45, 2.75) is 12.8 Å². The topological polar surface area (TPSA) is 96.5 Å². The molecule has 7 nitrogen and oxygen atoms in total. The summed E-state index contributed by atoms with van der Waals surface area (Å²) in [6.07, 6.45) is 1.49. The molecule has 0 bridgehead atoms. The zero-order valence-corrected chi connectivity index (χ0v) is 12.8. The first kappa shape index (κ1) is 18.1. The molecule has 0 saturated heterocycles. The minimum Gasteiger partial charge on any atom is -0.465 e. The maximum absolute atomic E-state index is 13.9. The predicted molar refractivity (Wildman–Crippen MR) is 81.5 cm³/mol. The van der Waals surface area contributed by atoms with E-state index in [1.165, 1.54) is 24.9 Å². The number of nitrogens with zero attached hydrogens (tertiary/aromatic N) is 3. The summed E-state index contributed by atoms with van der Waals surface area (Å²) >= 11 is 0. The number of nitriles is 1. The zero-order chi connectivity index (χ0) is 17.6. The van der Waals surface area contributed by atoms with Gasteiger partial charge in [0.1, 0.15) is 11.5 Å². The molecule has 0 amide bonds. The van der Waals surface area contributed by atoms with Crippen LogP contribution in [0.3, 0.4) is 0 Å². The van der Waals surface area contributed by atoms with Crippen molar-refractivity contribution in [3.63, 3.8) is 0 Å². The Morgan fingerprint density at radius 1 is 1.65 bits per heavy atom. The Balaban J connectivity index is 3.58. The second-order valence-corrected chi connectivity index (χ2v) is 4.60. The largest absolute Gasteiger partial charge is 0.465 e. The number of carbonyl (C=O) groups excluding carboxylic acids is 1. The van der Waals surface area contributed by atoms with Gasteiger partial charge in [-0.05, 0) is 13.0 Å². The normalized spacial score (nSPS) is 11.2. The van der Waals surface area contributed by atoms with E-state index >= 15 is 0 Å². The van der Waals surface area contributed by atoms with E-state index in [1.807, 2.05) is 0 Å². The number of anilines is 1. The van der Waals surface area contributed by atoms with Crippen LogP contribution in [-0.4, -0.2) is 31.1 Å². The Morgan fingerprint density at radius 3 is 2.78 bits per heavy atom. The van der Waals surface area contributed by atoms with Crippen LogP contribution in [0.5, 0.6) is 0 Å². The van der Waals surface area contributed by atoms with E-state index in [0.717, 1.165) is 12.1 Å². The predicted octanol–water partition coefficient (Wildman–Crippen LogP) is 2.53. The number of likely N-dealkylation sites (N-methyl/N-ethyl adjacent to an activating group) is 1. The number of carbonyl (C=O) groups is 1. The van der Waals surface area contributed by atoms with Gasteiger partial charge in [0.05, 0.1) is 23.2 Å². The molecule has 1 aromatic rings. The molecule has 0 aliphatic carbocycles. The molecule has 1 unspecified atom stereocenters. The summed E-state index contributed by atoms with van der Waals surface area (Å²) in [5, 5.41) is 20.6. The lowest BCUT2D eigenvalue weighted by Gasteiger charge is -2.19. The van der Waals surface area contributed by atoms with Crippen molar-refractivity contribution in [2.24, 2.45) is 0 Å². The summed E-state index contributed by atoms with van der Waals surface area (Å²) in [7, 11) is 1.51. The Bertz CT molecular complexity index is 669. The highest BCUT2D eigenvalue weighted by atomic mass is 19.1. The third-order valence-corrected chi connectivity index (χ3v) is 3.04. The molecule has 0 fully saturated rings. The SMILES string of the molecule is C=CCN(C)c1cc(F)cc(C(C#N)C(=O)OCC)c1[N+](=O)[O-]. The molecule has 23 heavy (non-hydrogen) atoms. The maximum Gasteiger partial charge on any atom is 0.328 e. The molecule has 8 heteroatoms. The van der Waals surface area contributed by atoms with Crippen LogP contribution in [0.2, 0.25) is 0 Å². The van der Waals surface area contributed by atoms with Gasteiger partial charge in [-0.25, -0.2) is 4.39 Å². The van der Waals surface area contributed by atoms with E-state index in [1.54, 1.807) is 6.07 Å². The van der Waals surface area contributed by atoms with Crippen molar-refractivity contribution in [3.05, 3.63) is 46.3 Å². The average Bonchev–Trinajstić information content (AvgIpc) is 2.47. The lowest BCUT2D eigenvalue weighted by Crippen LogP contribution is -2.21. The summed E-state index contributed by atoms with van der Waals surface area (Å²) < 4.78 is 18.6. The number of hydrogen-bond acceptors (Lipinski definition) is 6. The van der Waals surface area contributed by atoms with Crippen molar-refractivity contribution in [3.8, 4) is 6.07 Å². The van der Waals surface area contributed by atoms with Crippen molar-refractivity contribution in [1.82, 2.24) is 0 Å². The molecule has 0 aliphatic rings. The van der Waals surface area contributed by atoms with Crippen LogP contribution in [0.4, 0.5) is 15.8 Å². The fraction of sp³-hybridized carbons (Fsp3) is 0.333. The summed E-state index contributed by atoms with van der Waals surface area (Å²) in [5.41, 5.74) is -0.883. The first-order valence-corrected chi connectivity index (χ1v) is 6.73. The van der Waals surface area contributed by atoms with E-state index in [2.05, 4.69) is 6.58 Å². The van der Waals surface area contributed by atoms with Crippen LogP contribution in [-0.2, 0) is 9.53 Å². The van der Waals surface area contributed by atoms with E-state index in [-0.39, 0.29) is 24.4 Å². The summed E-state index contributed by atoms with van der Waals surface area (Å²) in [4.78, 5) is 23.9. The second kappa shape index (κ2) is 7.89. The minimum atomic E-state index is -1.58. The van der Waals surface area contributed by atoms with Gasteiger partial charge in [-0.3, -0.25) is 14.9 Å². The molecule has 0 aromatic heterocycles. The fourth-order valence-electron chi connectivity index (χ4n) is 2.08. The van der Waals surface area contributed by atoms with Gasteiger partial charge in [-0.2, -0.15) is 5.26 Å². The van der Waals surface area contributed by atoms with Crippen LogP contribution in [0.25, 0.3) is 0 Å². The quantitative estimate of drug-likeness (QED) is 0.331. The van der Waals surface area contributed by atoms with Crippen molar-refractivity contribution in [1.29, 1.82) is 5.26 Å². The van der Waals surface area contributed by atoms with E-state index in [4.69, 9.17) is 4.74 Å². The van der Waals surface area contributed by atoms with Crippen molar-refractivity contribution in [2.75, 3.05) is 25.1 Å². The highest BCUT2D eigenvalue weighted by molar-refractivity contribution is 5.85. The first-order chi connectivity index (χ1) is 10.9. The molecular weight excluding hydrogens is 305 g/mol. The highest BCUT2D eigenvalue weighted by Crippen LogP contribution is 2.37. The van der Waals surface area contributed by atoms with Gasteiger partial charge in [-0.15, -0.1) is 6.58 Å². The number of halogens is 1. The van der Waals surface area contributed by atoms with Crippen LogP contribution >= 0.6 is 0 Å². The number of hydrogen-bond donors (Lipinski definition) is 0. The lowest BCUT2D eigenvalue weighted by atomic mass is 9.97. The number of nitro groups is 1. The molecule has 0 aliphatic heterocycles. The number of esters is 1. The maximum atomic E-state index is 13.9. The van der Waals surface area contributed by atoms with Gasteiger partial charge in [-0.1, -0.05) is 6.08 Å². The Morgan fingerprint density at radius 2 is 2.30 bits per heavy atom. The van der Waals surface area contributed by atoms with Gasteiger partial charge in [0.25, 0.3) is 5.69 Å². The standard InChI is InChI=1S/C15H16FN3O4/c1-4-6-18(3)13-8-10(16)7-11(14(13)19(21)22)12(9-17)15(20)23-5-2/h4,7-8,12H,1,5-6H2,2-3H3. The second-order valence-electron chi connectivity index (χ2n) is 4.60. The monoisotopic (exact) mass is 321 g/mol. The molecule has 1 rings (SSSR count). The van der Waals surface area contributed by atoms with E-state index in [0.29, 0.717) is 0 Å².